The summed E-state index contributed by atoms with van der Waals surface area (Å²) in [7, 11) is 0. The molecule has 0 spiro atoms. The van der Waals surface area contributed by atoms with Crippen molar-refractivity contribution >= 4 is 4.73 Å². The Bertz CT molecular complexity index is 78.8. The zero-order chi connectivity index (χ0) is 9.21. The van der Waals surface area contributed by atoms with Crippen LogP contribution in [0.2, 0.25) is 0 Å². The molecule has 10 radical (unpaired) electrons. The van der Waals surface area contributed by atoms with E-state index in [2.05, 4.69) is 101 Å². The summed E-state index contributed by atoms with van der Waals surface area (Å²) in [4.78, 5) is 0. The van der Waals surface area contributed by atoms with E-state index in [1.165, 1.54) is 0 Å². The van der Waals surface area contributed by atoms with Gasteiger partial charge in [0.1, 0.15) is 0 Å². The quantitative estimate of drug-likeness (QED) is 0.323. The maximum absolute atomic E-state index is 3.04. The molecule has 15 heteroatoms. The molecule has 0 aromatic carbocycles. The Labute approximate surface area is 285 Å². The summed E-state index contributed by atoms with van der Waals surface area (Å²) < 4.78 is 3.04. The first kappa shape index (κ1) is 89.5. The molecule has 0 aliphatic heterocycles. The summed E-state index contributed by atoms with van der Waals surface area (Å²) in [5.74, 6) is 0. The van der Waals surface area contributed by atoms with Crippen LogP contribution in [0.15, 0.2) is 0 Å². The fourth-order valence-electron chi connectivity index (χ4n) is 0. The molecule has 0 saturated carbocycles. The van der Waals surface area contributed by atoms with Gasteiger partial charge in [-0.15, -0.1) is 0 Å². The van der Waals surface area contributed by atoms with Crippen molar-refractivity contribution in [2.75, 3.05) is 0 Å². The van der Waals surface area contributed by atoms with Gasteiger partial charge >= 0.3 is 106 Å². The second-order valence-corrected chi connectivity index (χ2v) is 2.71. The van der Waals surface area contributed by atoms with Crippen molar-refractivity contribution in [3.8, 4) is 0 Å². The number of rotatable bonds is 0. The van der Waals surface area contributed by atoms with Crippen molar-refractivity contribution in [1.29, 1.82) is 0 Å². The number of hydrogen-bond donors (Lipinski definition) is 0. The standard InChI is InChI=1S/C5H9.15V/c1-5(2,3)4;;;;;;;;;;;;;;;/h1-3H3;;;;;;;;;;;;;;;/q-1;;;;;;;;;;;;;;;. The molecule has 0 N–H and O–H groups in total. The zero-order valence-corrected chi connectivity index (χ0v) is 31.7. The predicted octanol–water partition coefficient (Wildman–Crippen LogP) is 1.22. The first-order chi connectivity index (χ1) is 4.56. The molecular weight excluding hydrogens is 824 g/mol. The first-order valence-electron chi connectivity index (χ1n) is 2.37. The topological polar surface area (TPSA) is 0 Å². The van der Waals surface area contributed by atoms with Gasteiger partial charge in [-0.3, -0.25) is 0 Å². The fraction of sp³-hybridized carbons (Fsp3) is 0.800. The minimum atomic E-state index is 0. The molecule has 105 valence electrons. The van der Waals surface area contributed by atoms with E-state index in [9.17, 15) is 0 Å². The van der Waals surface area contributed by atoms with E-state index in [1.807, 2.05) is 0 Å². The molecule has 0 fully saturated rings. The molecule has 0 aliphatic carbocycles. The molecular formula is C5H9V15-. The van der Waals surface area contributed by atoms with Crippen LogP contribution in [0.4, 0.5) is 0 Å². The monoisotopic (exact) mass is 833 g/mol. The van der Waals surface area contributed by atoms with E-state index in [1.54, 1.807) is 0 Å². The normalized spacial score (nSPS) is 3.50. The Morgan fingerprint density at radius 2 is 0.550 bits per heavy atom. The van der Waals surface area contributed by atoms with Crippen LogP contribution >= 0.6 is 0 Å². The van der Waals surface area contributed by atoms with Gasteiger partial charge in [-0.05, 0) is 0 Å². The molecule has 0 saturated heterocycles. The Morgan fingerprint density at radius 1 is 0.500 bits per heavy atom. The molecule has 0 rings (SSSR count). The molecule has 0 amide bonds. The molecule has 0 aromatic heterocycles. The summed E-state index contributed by atoms with van der Waals surface area (Å²) in [6.07, 6.45) is 0. The van der Waals surface area contributed by atoms with Crippen LogP contribution in [0.3, 0.4) is 0 Å². The van der Waals surface area contributed by atoms with Crippen molar-refractivity contribution in [2.24, 2.45) is 5.41 Å². The summed E-state index contributed by atoms with van der Waals surface area (Å²) >= 11 is 11.3. The van der Waals surface area contributed by atoms with Crippen molar-refractivity contribution < 1.29 is 261 Å². The van der Waals surface area contributed by atoms with Gasteiger partial charge < -0.3 is 0 Å². The van der Waals surface area contributed by atoms with Crippen LogP contribution in [0.1, 0.15) is 20.8 Å². The van der Waals surface area contributed by atoms with E-state index < -0.39 is 0 Å². The van der Waals surface area contributed by atoms with Crippen molar-refractivity contribution in [3.63, 3.8) is 0 Å². The van der Waals surface area contributed by atoms with Crippen LogP contribution in [0.5, 0.6) is 0 Å². The Hall–Kier alpha value is 8.64. The van der Waals surface area contributed by atoms with E-state index in [-0.39, 0.29) is 191 Å². The molecule has 0 aromatic rings. The molecule has 0 heterocycles. The minimum absolute atomic E-state index is 0. The summed E-state index contributed by atoms with van der Waals surface area (Å²) in [5.41, 5.74) is 0.264. The van der Waals surface area contributed by atoms with Crippen LogP contribution in [0, 0.1) is 5.41 Å². The average Bonchev–Trinajstić information content (AvgIpc) is 1.95. The van der Waals surface area contributed by atoms with Gasteiger partial charge in [-0.2, -0.15) is 0 Å². The third kappa shape index (κ3) is 129. The van der Waals surface area contributed by atoms with Gasteiger partial charge in [0, 0.05) is 186 Å². The van der Waals surface area contributed by atoms with Crippen LogP contribution in [-0.2, 0) is 261 Å². The van der Waals surface area contributed by atoms with E-state index >= 15 is 0 Å². The first-order valence-corrected chi connectivity index (χ1v) is 9.47. The van der Waals surface area contributed by atoms with E-state index in [0.717, 1.165) is 0 Å². The molecule has 0 aliphatic rings. The predicted molar refractivity (Wildman–Crippen MR) is 24.5 cm³/mol. The summed E-state index contributed by atoms with van der Waals surface area (Å²) in [6, 6.07) is 0. The third-order valence-corrected chi connectivity index (χ3v) is 1.38. The van der Waals surface area contributed by atoms with Crippen molar-refractivity contribution in [3.05, 3.63) is 0 Å². The van der Waals surface area contributed by atoms with Crippen molar-refractivity contribution in [1.82, 2.24) is 0 Å². The van der Waals surface area contributed by atoms with Gasteiger partial charge in [0.05, 0.1) is 0 Å². The maximum atomic E-state index is 3.04. The Balaban J connectivity index is -0.00000000298. The summed E-state index contributed by atoms with van der Waals surface area (Å²) in [5, 5.41) is 0. The van der Waals surface area contributed by atoms with Gasteiger partial charge in [0.25, 0.3) is 0 Å². The second-order valence-electron chi connectivity index (χ2n) is 2.36. The SMILES string of the molecule is CC(C)(C)[C-]=[V].[V].[V].[V].[V].[V].[V].[V].[V].[V].[V].[V]=[V].[V]=[V]. The molecule has 20 heavy (non-hydrogen) atoms. The fourth-order valence-corrected chi connectivity index (χ4v) is 0. The molecule has 0 nitrogen and oxygen atoms in total. The molecule has 0 bridgehead atoms. The van der Waals surface area contributed by atoms with Gasteiger partial charge in [-0.1, -0.05) is 0 Å². The van der Waals surface area contributed by atoms with Crippen molar-refractivity contribution in [2.45, 2.75) is 20.8 Å². The van der Waals surface area contributed by atoms with Crippen LogP contribution in [-0.4, -0.2) is 4.73 Å². The Morgan fingerprint density at radius 3 is 0.550 bits per heavy atom. The molecule has 0 unspecified atom stereocenters. The van der Waals surface area contributed by atoms with Gasteiger partial charge in [-0.25, -0.2) is 0 Å². The zero-order valence-electron chi connectivity index (χ0n) is 10.7. The van der Waals surface area contributed by atoms with Gasteiger partial charge in [0.2, 0.25) is 0 Å². The summed E-state index contributed by atoms with van der Waals surface area (Å²) in [6.45, 7) is 6.35. The average molecular weight is 833 g/mol. The molecule has 0 atom stereocenters. The second kappa shape index (κ2) is 80.2. The van der Waals surface area contributed by atoms with Gasteiger partial charge in [0.15, 0.2) is 0 Å². The van der Waals surface area contributed by atoms with Crippen LogP contribution in [0.25, 0.3) is 0 Å². The van der Waals surface area contributed by atoms with E-state index in [0.29, 0.717) is 0 Å². The third-order valence-electron chi connectivity index (χ3n) is 0.335. The van der Waals surface area contributed by atoms with Crippen LogP contribution < -0.4 is 0 Å². The number of hydrogen-bond acceptors (Lipinski definition) is 0. The van der Waals surface area contributed by atoms with E-state index in [4.69, 9.17) is 0 Å². The Kier molecular flexibility index (Phi) is 359.